The van der Waals surface area contributed by atoms with Crippen LogP contribution in [-0.4, -0.2) is 38.9 Å². The number of para-hydroxylation sites is 1. The van der Waals surface area contributed by atoms with Crippen molar-refractivity contribution < 1.29 is 37.0 Å². The second-order valence-corrected chi connectivity index (χ2v) is 9.24. The first kappa shape index (κ1) is 26.2. The van der Waals surface area contributed by atoms with Crippen molar-refractivity contribution in [1.29, 1.82) is 0 Å². The third-order valence-electron chi connectivity index (χ3n) is 5.54. The third kappa shape index (κ3) is 6.48. The minimum atomic E-state index is -4.81. The zero-order chi connectivity index (χ0) is 26.6. The number of halogens is 3. The first-order valence-electron chi connectivity index (χ1n) is 11.1. The number of rotatable bonds is 7. The first-order chi connectivity index (χ1) is 17.7. The summed E-state index contributed by atoms with van der Waals surface area (Å²) in [4.78, 5) is 28.4. The van der Waals surface area contributed by atoms with Gasteiger partial charge in [0.15, 0.2) is 11.5 Å². The molecule has 0 aromatic heterocycles. The summed E-state index contributed by atoms with van der Waals surface area (Å²) in [6.45, 7) is -0.268. The van der Waals surface area contributed by atoms with E-state index in [0.29, 0.717) is 17.2 Å². The van der Waals surface area contributed by atoms with Crippen LogP contribution in [0.5, 0.6) is 17.2 Å². The molecule has 7 nitrogen and oxygen atoms in total. The maximum atomic E-state index is 13.4. The molecule has 0 saturated carbocycles. The predicted octanol–water partition coefficient (Wildman–Crippen LogP) is 5.81. The molecule has 0 saturated heterocycles. The lowest BCUT2D eigenvalue weighted by Crippen LogP contribution is -2.38. The van der Waals surface area contributed by atoms with E-state index >= 15 is 0 Å². The molecule has 11 heteroatoms. The molecule has 0 aliphatic carbocycles. The molecule has 0 radical (unpaired) electrons. The fourth-order valence-electron chi connectivity index (χ4n) is 3.87. The number of alkyl halides is 3. The quantitative estimate of drug-likeness (QED) is 0.414. The lowest BCUT2D eigenvalue weighted by atomic mass is 10.1. The number of carbonyl (C=O) groups is 2. The standard InChI is InChI=1S/C26H23F3N2O5S/c1-34-20-12-7-16(13-21(20)35-2)23-14-25(33)31(19-5-3-4-6-22(19)37-23)15-24(32)30-17-8-10-18(11-9-17)36-26(27,28)29/h3-13,23H,14-15H2,1-2H3,(H,30,32). The van der Waals surface area contributed by atoms with Crippen LogP contribution >= 0.6 is 11.8 Å². The molecule has 1 aliphatic rings. The van der Waals surface area contributed by atoms with E-state index in [2.05, 4.69) is 10.1 Å². The molecular weight excluding hydrogens is 509 g/mol. The number of hydrogen-bond acceptors (Lipinski definition) is 6. The highest BCUT2D eigenvalue weighted by molar-refractivity contribution is 7.99. The molecule has 2 amide bonds. The van der Waals surface area contributed by atoms with Crippen LogP contribution in [0.1, 0.15) is 17.2 Å². The van der Waals surface area contributed by atoms with E-state index in [1.807, 2.05) is 24.3 Å². The Morgan fingerprint density at radius 2 is 1.73 bits per heavy atom. The molecular formula is C26H23F3N2O5S. The Bertz CT molecular complexity index is 1280. The largest absolute Gasteiger partial charge is 0.573 e. The number of anilines is 2. The molecule has 3 aromatic carbocycles. The van der Waals surface area contributed by atoms with Crippen molar-refractivity contribution in [2.45, 2.75) is 22.9 Å². The minimum absolute atomic E-state index is 0.131. The number of nitrogens with zero attached hydrogens (tertiary/aromatic N) is 1. The van der Waals surface area contributed by atoms with Gasteiger partial charge < -0.3 is 24.4 Å². The van der Waals surface area contributed by atoms with Crippen molar-refractivity contribution in [1.82, 2.24) is 0 Å². The smallest absolute Gasteiger partial charge is 0.493 e. The van der Waals surface area contributed by atoms with Crippen molar-refractivity contribution >= 4 is 35.0 Å². The van der Waals surface area contributed by atoms with E-state index in [0.717, 1.165) is 22.6 Å². The average molecular weight is 533 g/mol. The maximum absolute atomic E-state index is 13.4. The lowest BCUT2D eigenvalue weighted by Gasteiger charge is -2.22. The van der Waals surface area contributed by atoms with E-state index in [4.69, 9.17) is 9.47 Å². The van der Waals surface area contributed by atoms with Gasteiger partial charge in [-0.1, -0.05) is 18.2 Å². The summed E-state index contributed by atoms with van der Waals surface area (Å²) in [7, 11) is 3.09. The highest BCUT2D eigenvalue weighted by atomic mass is 32.2. The second-order valence-electron chi connectivity index (χ2n) is 7.99. The Morgan fingerprint density at radius 1 is 1.03 bits per heavy atom. The van der Waals surface area contributed by atoms with Crippen LogP contribution in [0, 0.1) is 0 Å². The molecule has 4 rings (SSSR count). The van der Waals surface area contributed by atoms with Crippen LogP contribution < -0.4 is 24.4 Å². The first-order valence-corrected chi connectivity index (χ1v) is 12.0. The Morgan fingerprint density at radius 3 is 2.41 bits per heavy atom. The fourth-order valence-corrected chi connectivity index (χ4v) is 5.15. The topological polar surface area (TPSA) is 77.1 Å². The fraction of sp³-hybridized carbons (Fsp3) is 0.231. The summed E-state index contributed by atoms with van der Waals surface area (Å²) in [5.74, 6) is -0.0229. The van der Waals surface area contributed by atoms with Gasteiger partial charge in [0.2, 0.25) is 11.8 Å². The van der Waals surface area contributed by atoms with Gasteiger partial charge in [0.1, 0.15) is 12.3 Å². The summed E-state index contributed by atoms with van der Waals surface area (Å²) < 4.78 is 51.7. The predicted molar refractivity (Wildman–Crippen MR) is 133 cm³/mol. The van der Waals surface area contributed by atoms with E-state index in [-0.39, 0.29) is 29.8 Å². The average Bonchev–Trinajstić information content (AvgIpc) is 3.00. The molecule has 1 unspecified atom stereocenters. The molecule has 1 aliphatic heterocycles. The normalized spacial score (nSPS) is 15.4. The van der Waals surface area contributed by atoms with Gasteiger partial charge in [-0.2, -0.15) is 0 Å². The number of nitrogens with one attached hydrogen (secondary N) is 1. The molecule has 3 aromatic rings. The van der Waals surface area contributed by atoms with Gasteiger partial charge in [-0.25, -0.2) is 0 Å². The lowest BCUT2D eigenvalue weighted by molar-refractivity contribution is -0.274. The van der Waals surface area contributed by atoms with Gasteiger partial charge in [-0.15, -0.1) is 24.9 Å². The van der Waals surface area contributed by atoms with Crippen LogP contribution in [0.3, 0.4) is 0 Å². The summed E-state index contributed by atoms with van der Waals surface area (Å²) in [5.41, 5.74) is 1.75. The molecule has 1 atom stereocenters. The molecule has 1 N–H and O–H groups in total. The zero-order valence-electron chi connectivity index (χ0n) is 19.9. The third-order valence-corrected chi connectivity index (χ3v) is 6.86. The summed E-state index contributed by atoms with van der Waals surface area (Å²) in [6, 6.07) is 17.6. The van der Waals surface area contributed by atoms with Gasteiger partial charge in [0.25, 0.3) is 0 Å². The molecule has 1 heterocycles. The van der Waals surface area contributed by atoms with Crippen molar-refractivity contribution in [2.75, 3.05) is 31.0 Å². The SMILES string of the molecule is COc1ccc(C2CC(=O)N(CC(=O)Nc3ccc(OC(F)(F)F)cc3)c3ccccc3S2)cc1OC. The minimum Gasteiger partial charge on any atom is -0.493 e. The van der Waals surface area contributed by atoms with E-state index in [1.54, 1.807) is 32.4 Å². The van der Waals surface area contributed by atoms with E-state index in [9.17, 15) is 22.8 Å². The number of benzene rings is 3. The zero-order valence-corrected chi connectivity index (χ0v) is 20.7. The number of carbonyl (C=O) groups excluding carboxylic acids is 2. The Balaban J connectivity index is 1.52. The van der Waals surface area contributed by atoms with Crippen LogP contribution in [0.25, 0.3) is 0 Å². The van der Waals surface area contributed by atoms with Gasteiger partial charge in [0, 0.05) is 22.3 Å². The number of thioether (sulfide) groups is 1. The molecule has 194 valence electrons. The van der Waals surface area contributed by atoms with Crippen molar-refractivity contribution in [2.24, 2.45) is 0 Å². The summed E-state index contributed by atoms with van der Waals surface area (Å²) in [6.07, 6.45) is -4.68. The number of ether oxygens (including phenoxy) is 3. The Kier molecular flexibility index (Phi) is 7.82. The van der Waals surface area contributed by atoms with Gasteiger partial charge in [-0.05, 0) is 54.1 Å². The number of methoxy groups -OCH3 is 2. The van der Waals surface area contributed by atoms with Crippen molar-refractivity contribution in [3.05, 3.63) is 72.3 Å². The van der Waals surface area contributed by atoms with Gasteiger partial charge in [0.05, 0.1) is 19.9 Å². The highest BCUT2D eigenvalue weighted by Crippen LogP contribution is 2.46. The van der Waals surface area contributed by atoms with Crippen LogP contribution in [0.4, 0.5) is 24.5 Å². The molecule has 0 fully saturated rings. The van der Waals surface area contributed by atoms with Gasteiger partial charge >= 0.3 is 6.36 Å². The Hall–Kier alpha value is -3.86. The molecule has 0 bridgehead atoms. The number of hydrogen-bond donors (Lipinski definition) is 1. The molecule has 37 heavy (non-hydrogen) atoms. The van der Waals surface area contributed by atoms with Gasteiger partial charge in [-0.3, -0.25) is 9.59 Å². The Labute approximate surface area is 215 Å². The summed E-state index contributed by atoms with van der Waals surface area (Å²) in [5, 5.41) is 2.38. The highest BCUT2D eigenvalue weighted by Gasteiger charge is 2.32. The van der Waals surface area contributed by atoms with Crippen LogP contribution in [0.2, 0.25) is 0 Å². The maximum Gasteiger partial charge on any atom is 0.573 e. The second kappa shape index (κ2) is 11.0. The van der Waals surface area contributed by atoms with Crippen LogP contribution in [0.15, 0.2) is 71.6 Å². The van der Waals surface area contributed by atoms with Crippen molar-refractivity contribution in [3.63, 3.8) is 0 Å². The number of amides is 2. The van der Waals surface area contributed by atoms with Crippen LogP contribution in [-0.2, 0) is 9.59 Å². The molecule has 0 spiro atoms. The van der Waals surface area contributed by atoms with E-state index in [1.165, 1.54) is 28.8 Å². The summed E-state index contributed by atoms with van der Waals surface area (Å²) >= 11 is 1.51. The van der Waals surface area contributed by atoms with E-state index < -0.39 is 18.0 Å². The monoisotopic (exact) mass is 532 g/mol. The number of fused-ring (bicyclic) bond motifs is 1. The van der Waals surface area contributed by atoms with Crippen molar-refractivity contribution in [3.8, 4) is 17.2 Å².